The Labute approximate surface area is 279 Å². The van der Waals surface area contributed by atoms with Crippen molar-refractivity contribution in [3.63, 3.8) is 0 Å². The van der Waals surface area contributed by atoms with Crippen molar-refractivity contribution in [3.05, 3.63) is 151 Å². The predicted molar refractivity (Wildman–Crippen MR) is 187 cm³/mol. The van der Waals surface area contributed by atoms with Gasteiger partial charge < -0.3 is 0 Å². The summed E-state index contributed by atoms with van der Waals surface area (Å²) < 4.78 is 29.2. The average molecular weight is 694 g/mol. The number of halogens is 3. The smallest absolute Gasteiger partial charge is 0.261 e. The van der Waals surface area contributed by atoms with Crippen molar-refractivity contribution in [2.75, 3.05) is 0 Å². The Hall–Kier alpha value is -5.38. The first kappa shape index (κ1) is 34.5. The summed E-state index contributed by atoms with van der Waals surface area (Å²) in [7, 11) is 0. The van der Waals surface area contributed by atoms with E-state index in [2.05, 4.69) is 43.7 Å². The van der Waals surface area contributed by atoms with E-state index >= 15 is 0 Å². The van der Waals surface area contributed by atoms with Crippen LogP contribution in [0.4, 0.5) is 8.78 Å². The summed E-state index contributed by atoms with van der Waals surface area (Å²) in [6.07, 6.45) is 10.0. The number of fused-ring (bicyclic) bond motifs is 2. The van der Waals surface area contributed by atoms with Gasteiger partial charge in [0.05, 0.1) is 34.5 Å². The van der Waals surface area contributed by atoms with Gasteiger partial charge in [-0.25, -0.2) is 18.7 Å². The first-order valence-electron chi connectivity index (χ1n) is 14.9. The van der Waals surface area contributed by atoms with Crippen molar-refractivity contribution >= 4 is 37.7 Å². The molecule has 2 aromatic heterocycles. The molecule has 0 aliphatic carbocycles. The molecule has 0 radical (unpaired) electrons. The number of nitrogens with zero attached hydrogens (tertiary/aromatic N) is 4. The van der Waals surface area contributed by atoms with Crippen molar-refractivity contribution in [2.24, 2.45) is 0 Å². The summed E-state index contributed by atoms with van der Waals surface area (Å²) in [5.74, 6) is 7.83. The van der Waals surface area contributed by atoms with E-state index in [1.165, 1.54) is 24.3 Å². The largest absolute Gasteiger partial charge is 0.299 e. The van der Waals surface area contributed by atoms with Gasteiger partial charge in [0.2, 0.25) is 0 Å². The lowest BCUT2D eigenvalue weighted by molar-refractivity contribution is 0.627. The Morgan fingerprint density at radius 1 is 0.660 bits per heavy atom. The fraction of sp³-hybridized carbons (Fsp3) is 0.158. The highest BCUT2D eigenvalue weighted by Gasteiger charge is 2.05. The fourth-order valence-corrected chi connectivity index (χ4v) is 4.74. The molecule has 2 heterocycles. The summed E-state index contributed by atoms with van der Waals surface area (Å²) >= 11 is 3.36. The molecule has 236 valence electrons. The van der Waals surface area contributed by atoms with Gasteiger partial charge >= 0.3 is 0 Å². The van der Waals surface area contributed by atoms with Crippen LogP contribution < -0.4 is 11.1 Å². The topological polar surface area (TPSA) is 69.8 Å². The van der Waals surface area contributed by atoms with Crippen molar-refractivity contribution < 1.29 is 8.78 Å². The van der Waals surface area contributed by atoms with Gasteiger partial charge in [0.1, 0.15) is 11.6 Å². The highest BCUT2D eigenvalue weighted by atomic mass is 79.9. The predicted octanol–water partition coefficient (Wildman–Crippen LogP) is 7.72. The van der Waals surface area contributed by atoms with Crippen LogP contribution in [0.1, 0.15) is 43.4 Å². The Morgan fingerprint density at radius 2 is 1.11 bits per heavy atom. The summed E-state index contributed by atoms with van der Waals surface area (Å²) in [6.45, 7) is 5.44. The van der Waals surface area contributed by atoms with Gasteiger partial charge in [-0.05, 0) is 97.8 Å². The van der Waals surface area contributed by atoms with Crippen molar-refractivity contribution in [1.29, 1.82) is 0 Å². The van der Waals surface area contributed by atoms with Crippen LogP contribution in [-0.2, 0) is 13.1 Å². The Morgan fingerprint density at radius 3 is 1.62 bits per heavy atom. The van der Waals surface area contributed by atoms with Gasteiger partial charge in [0.25, 0.3) is 11.1 Å². The molecular formula is C38H31BrF2N4O2. The molecule has 0 atom stereocenters. The first-order valence-corrected chi connectivity index (χ1v) is 15.6. The highest BCUT2D eigenvalue weighted by Crippen LogP contribution is 2.15. The molecule has 0 saturated heterocycles. The average Bonchev–Trinajstić information content (AvgIpc) is 3.08. The minimum atomic E-state index is -0.284. The second kappa shape index (κ2) is 16.8. The maximum absolute atomic E-state index is 12.9. The van der Waals surface area contributed by atoms with E-state index in [9.17, 15) is 18.4 Å². The number of aromatic nitrogens is 4. The number of aryl methyl sites for hydroxylation is 2. The second-order valence-corrected chi connectivity index (χ2v) is 11.2. The summed E-state index contributed by atoms with van der Waals surface area (Å²) in [6, 6.07) is 22.7. The van der Waals surface area contributed by atoms with Crippen LogP contribution in [0.15, 0.2) is 112 Å². The molecule has 0 bridgehead atoms. The lowest BCUT2D eigenvalue weighted by atomic mass is 10.1. The van der Waals surface area contributed by atoms with Gasteiger partial charge in [-0.3, -0.25) is 18.7 Å². The van der Waals surface area contributed by atoms with Gasteiger partial charge in [0, 0.05) is 34.3 Å². The quantitative estimate of drug-likeness (QED) is 0.178. The monoisotopic (exact) mass is 692 g/mol. The fourth-order valence-electron chi connectivity index (χ4n) is 4.39. The van der Waals surface area contributed by atoms with Gasteiger partial charge in [-0.1, -0.05) is 47.5 Å². The van der Waals surface area contributed by atoms with E-state index < -0.39 is 0 Å². The second-order valence-electron chi connectivity index (χ2n) is 10.3. The molecule has 0 aliphatic rings. The van der Waals surface area contributed by atoms with E-state index in [-0.39, 0.29) is 22.8 Å². The number of benzene rings is 4. The lowest BCUT2D eigenvalue weighted by Gasteiger charge is -2.04. The summed E-state index contributed by atoms with van der Waals surface area (Å²) in [5.41, 5.74) is 3.58. The standard InChI is InChI=1S/C19H15FN2O.C11H11BrN2O.C8H5F/c1-2-11-22-13-21-18-12-15(7-10-17(18)19(22)23)4-3-14-5-8-16(20)9-6-14;1-2-5-14-7-13-10-6-8(12)3-4-9(10)11(14)15;1-2-7-3-5-8(9)6-4-7/h5-10,12-13H,2,11H2,1H3;3-4,6-7H,2,5H2,1H3;1,3-6H. The van der Waals surface area contributed by atoms with Crippen molar-refractivity contribution in [2.45, 2.75) is 39.8 Å². The Balaban J connectivity index is 0.000000178. The molecule has 0 saturated carbocycles. The number of hydrogen-bond donors (Lipinski definition) is 0. The molecule has 0 amide bonds. The minimum Gasteiger partial charge on any atom is -0.299 e. The molecule has 0 aliphatic heterocycles. The van der Waals surface area contributed by atoms with E-state index in [1.54, 1.807) is 70.3 Å². The van der Waals surface area contributed by atoms with Crippen molar-refractivity contribution in [1.82, 2.24) is 19.1 Å². The van der Waals surface area contributed by atoms with E-state index in [1.807, 2.05) is 26.0 Å². The van der Waals surface area contributed by atoms with E-state index in [4.69, 9.17) is 6.42 Å². The SMILES string of the molecule is C#Cc1ccc(F)cc1.CCCn1cnc2cc(Br)ccc2c1=O.CCCn1cnc2cc(C#Cc3ccc(F)cc3)ccc2c1=O. The summed E-state index contributed by atoms with van der Waals surface area (Å²) in [4.78, 5) is 32.8. The minimum absolute atomic E-state index is 0.0325. The van der Waals surface area contributed by atoms with Gasteiger partial charge in [-0.15, -0.1) is 6.42 Å². The van der Waals surface area contributed by atoms with Crippen LogP contribution in [0.25, 0.3) is 21.8 Å². The zero-order chi connectivity index (χ0) is 33.8. The molecule has 0 fully saturated rings. The third-order valence-corrected chi connectivity index (χ3v) is 7.24. The molecule has 6 rings (SSSR count). The maximum Gasteiger partial charge on any atom is 0.261 e. The molecule has 9 heteroatoms. The van der Waals surface area contributed by atoms with Crippen LogP contribution in [0.3, 0.4) is 0 Å². The third kappa shape index (κ3) is 9.56. The molecular weight excluding hydrogens is 662 g/mol. The Kier molecular flexibility index (Phi) is 12.3. The van der Waals surface area contributed by atoms with Crippen molar-refractivity contribution in [3.8, 4) is 24.2 Å². The zero-order valence-electron chi connectivity index (χ0n) is 25.9. The molecule has 6 aromatic rings. The van der Waals surface area contributed by atoms with E-state index in [0.717, 1.165) is 40.5 Å². The number of terminal acetylenes is 1. The number of hydrogen-bond acceptors (Lipinski definition) is 4. The molecule has 47 heavy (non-hydrogen) atoms. The van der Waals surface area contributed by atoms with Crippen LogP contribution >= 0.6 is 15.9 Å². The van der Waals surface area contributed by atoms with Gasteiger partial charge in [-0.2, -0.15) is 0 Å². The third-order valence-electron chi connectivity index (χ3n) is 6.75. The van der Waals surface area contributed by atoms with Crippen LogP contribution in [0, 0.1) is 35.8 Å². The van der Waals surface area contributed by atoms with Crippen LogP contribution in [0.2, 0.25) is 0 Å². The molecule has 0 unspecified atom stereocenters. The van der Waals surface area contributed by atoms with Crippen LogP contribution in [0.5, 0.6) is 0 Å². The normalized spacial score (nSPS) is 10.1. The van der Waals surface area contributed by atoms with E-state index in [0.29, 0.717) is 28.4 Å². The van der Waals surface area contributed by atoms with Gasteiger partial charge in [0.15, 0.2) is 0 Å². The lowest BCUT2D eigenvalue weighted by Crippen LogP contribution is -2.20. The Bertz CT molecular complexity index is 2210. The van der Waals surface area contributed by atoms with Crippen LogP contribution in [-0.4, -0.2) is 19.1 Å². The highest BCUT2D eigenvalue weighted by molar-refractivity contribution is 9.10. The number of rotatable bonds is 4. The molecule has 6 nitrogen and oxygen atoms in total. The zero-order valence-corrected chi connectivity index (χ0v) is 27.5. The maximum atomic E-state index is 12.9. The molecule has 4 aromatic carbocycles. The summed E-state index contributed by atoms with van der Waals surface area (Å²) in [5, 5.41) is 1.27. The first-order chi connectivity index (χ1) is 22.7. The molecule has 0 N–H and O–H groups in total. The molecule has 0 spiro atoms.